The zero-order valence-electron chi connectivity index (χ0n) is 20.6. The van der Waals surface area contributed by atoms with Crippen molar-refractivity contribution in [2.45, 2.75) is 19.4 Å². The van der Waals surface area contributed by atoms with Crippen LogP contribution < -0.4 is 15.8 Å². The van der Waals surface area contributed by atoms with E-state index < -0.39 is 5.91 Å². The van der Waals surface area contributed by atoms with Gasteiger partial charge in [-0.25, -0.2) is 14.6 Å². The second kappa shape index (κ2) is 11.3. The second-order valence-electron chi connectivity index (χ2n) is 8.81. The number of amides is 1. The molecule has 10 nitrogen and oxygen atoms in total. The molecule has 0 bridgehead atoms. The maximum absolute atomic E-state index is 12.5. The summed E-state index contributed by atoms with van der Waals surface area (Å²) in [5, 5.41) is 17.5. The third kappa shape index (κ3) is 5.84. The smallest absolute Gasteiger partial charge is 0.261 e. The molecule has 0 spiro atoms. The molecule has 1 aliphatic rings. The van der Waals surface area contributed by atoms with Gasteiger partial charge < -0.3 is 15.8 Å². The fourth-order valence-electron chi connectivity index (χ4n) is 3.85. The molecule has 1 amide bonds. The van der Waals surface area contributed by atoms with E-state index in [1.54, 1.807) is 4.68 Å². The van der Waals surface area contributed by atoms with Gasteiger partial charge in [-0.2, -0.15) is 10.4 Å². The average molecular weight is 507 g/mol. The maximum atomic E-state index is 12.5. The molecule has 4 aromatic rings. The van der Waals surface area contributed by atoms with Gasteiger partial charge in [-0.3, -0.25) is 9.79 Å². The highest BCUT2D eigenvalue weighted by molar-refractivity contribution is 5.98. The molecule has 2 aromatic heterocycles. The summed E-state index contributed by atoms with van der Waals surface area (Å²) in [6.45, 7) is 0.880. The van der Waals surface area contributed by atoms with E-state index in [0.717, 1.165) is 24.2 Å². The van der Waals surface area contributed by atoms with Gasteiger partial charge >= 0.3 is 0 Å². The first-order chi connectivity index (χ1) is 18.6. The number of nitrogens with one attached hydrogen (secondary N) is 1. The number of anilines is 1. The van der Waals surface area contributed by atoms with E-state index in [1.807, 2.05) is 66.9 Å². The first-order valence-electron chi connectivity index (χ1n) is 12.3. The molecule has 1 aliphatic carbocycles. The number of ether oxygens (including phenoxy) is 1. The Morgan fingerprint density at radius 2 is 1.92 bits per heavy atom. The van der Waals surface area contributed by atoms with E-state index >= 15 is 0 Å². The van der Waals surface area contributed by atoms with E-state index in [0.29, 0.717) is 47.3 Å². The van der Waals surface area contributed by atoms with E-state index in [9.17, 15) is 10.1 Å². The van der Waals surface area contributed by atoms with Crippen LogP contribution in [0.2, 0.25) is 0 Å². The fraction of sp³-hybridized carbons (Fsp3) is 0.214. The summed E-state index contributed by atoms with van der Waals surface area (Å²) < 4.78 is 7.56. The maximum Gasteiger partial charge on any atom is 0.261 e. The topological polar surface area (TPSA) is 144 Å². The number of carbonyl (C=O) groups excluding carboxylic acids is 1. The molecule has 0 aliphatic heterocycles. The van der Waals surface area contributed by atoms with Gasteiger partial charge in [0, 0.05) is 18.3 Å². The SMILES string of the molecule is N#C/C(=C\CN=CC1CC1)C(=O)NCCn1nc(-c2ccc(Oc3ccccc3)cc2)c2c(N)ncnc21. The number of para-hydroxylation sites is 1. The predicted molar refractivity (Wildman–Crippen MR) is 144 cm³/mol. The third-order valence-corrected chi connectivity index (χ3v) is 5.98. The van der Waals surface area contributed by atoms with Gasteiger partial charge in [-0.15, -0.1) is 0 Å². The summed E-state index contributed by atoms with van der Waals surface area (Å²) in [4.78, 5) is 25.2. The van der Waals surface area contributed by atoms with Crippen molar-refractivity contribution in [2.24, 2.45) is 10.9 Å². The first kappa shape index (κ1) is 24.6. The Bertz CT molecular complexity index is 1530. The number of nitriles is 1. The van der Waals surface area contributed by atoms with Crippen molar-refractivity contribution in [1.82, 2.24) is 25.1 Å². The Hall–Kier alpha value is -5.04. The lowest BCUT2D eigenvalue weighted by molar-refractivity contribution is -0.117. The van der Waals surface area contributed by atoms with Crippen LogP contribution in [-0.4, -0.2) is 45.0 Å². The van der Waals surface area contributed by atoms with Crippen LogP contribution in [0.5, 0.6) is 11.5 Å². The number of nitrogen functional groups attached to an aromatic ring is 1. The molecule has 3 N–H and O–H groups in total. The Kier molecular flexibility index (Phi) is 7.36. The van der Waals surface area contributed by atoms with Crippen molar-refractivity contribution in [3.05, 3.63) is 72.6 Å². The number of rotatable bonds is 10. The van der Waals surface area contributed by atoms with Crippen molar-refractivity contribution in [2.75, 3.05) is 18.8 Å². The average Bonchev–Trinajstić information content (AvgIpc) is 3.69. The van der Waals surface area contributed by atoms with Crippen LogP contribution in [0.1, 0.15) is 12.8 Å². The van der Waals surface area contributed by atoms with E-state index in [1.165, 1.54) is 12.4 Å². The Balaban J connectivity index is 1.29. The highest BCUT2D eigenvalue weighted by Crippen LogP contribution is 2.32. The van der Waals surface area contributed by atoms with Crippen molar-refractivity contribution in [3.8, 4) is 28.8 Å². The van der Waals surface area contributed by atoms with Gasteiger partial charge in [-0.05, 0) is 61.2 Å². The fourth-order valence-corrected chi connectivity index (χ4v) is 3.85. The standard InChI is InChI=1S/C28H26N8O2/c29-16-21(12-13-31-17-19-6-7-19)28(37)32-14-15-36-27-24(26(30)33-18-34-27)25(35-36)20-8-10-23(11-9-20)38-22-4-2-1-3-5-22/h1-5,8-12,17-19H,6-7,13-15H2,(H,32,37)(H2,30,33,34)/b21-12+,31-17?. The lowest BCUT2D eigenvalue weighted by atomic mass is 10.1. The minimum Gasteiger partial charge on any atom is -0.457 e. The number of hydrogen-bond acceptors (Lipinski definition) is 8. The van der Waals surface area contributed by atoms with Crippen molar-refractivity contribution >= 4 is 29.0 Å². The molecule has 0 saturated heterocycles. The van der Waals surface area contributed by atoms with Crippen LogP contribution in [0, 0.1) is 17.2 Å². The minimum absolute atomic E-state index is 0.0355. The van der Waals surface area contributed by atoms with E-state index in [-0.39, 0.29) is 12.1 Å². The Labute approximate surface area is 219 Å². The van der Waals surface area contributed by atoms with Crippen LogP contribution in [0.4, 0.5) is 5.82 Å². The molecule has 10 heteroatoms. The van der Waals surface area contributed by atoms with Gasteiger partial charge in [0.1, 0.15) is 41.0 Å². The number of carbonyl (C=O) groups is 1. The van der Waals surface area contributed by atoms with Gasteiger partial charge in [0.2, 0.25) is 0 Å². The normalized spacial score (nSPS) is 13.5. The van der Waals surface area contributed by atoms with Crippen molar-refractivity contribution in [3.63, 3.8) is 0 Å². The molecule has 1 saturated carbocycles. The molecular formula is C28H26N8O2. The Morgan fingerprint density at radius 3 is 2.66 bits per heavy atom. The predicted octanol–water partition coefficient (Wildman–Crippen LogP) is 3.91. The molecule has 2 aromatic carbocycles. The van der Waals surface area contributed by atoms with Crippen LogP contribution in [0.3, 0.4) is 0 Å². The zero-order chi connectivity index (χ0) is 26.3. The molecule has 5 rings (SSSR count). The lowest BCUT2D eigenvalue weighted by Crippen LogP contribution is -2.28. The number of hydrogen-bond donors (Lipinski definition) is 2. The summed E-state index contributed by atoms with van der Waals surface area (Å²) in [5.74, 6) is 1.85. The van der Waals surface area contributed by atoms with Gasteiger partial charge in [0.05, 0.1) is 18.5 Å². The van der Waals surface area contributed by atoms with Crippen LogP contribution in [0.25, 0.3) is 22.3 Å². The number of nitrogens with zero attached hydrogens (tertiary/aromatic N) is 6. The molecule has 190 valence electrons. The summed E-state index contributed by atoms with van der Waals surface area (Å²) >= 11 is 0. The summed E-state index contributed by atoms with van der Waals surface area (Å²) in [6, 6.07) is 19.0. The van der Waals surface area contributed by atoms with E-state index in [2.05, 4.69) is 20.3 Å². The monoisotopic (exact) mass is 506 g/mol. The molecule has 0 unspecified atom stereocenters. The molecule has 38 heavy (non-hydrogen) atoms. The molecule has 0 radical (unpaired) electrons. The highest BCUT2D eigenvalue weighted by atomic mass is 16.5. The quantitative estimate of drug-likeness (QED) is 0.188. The minimum atomic E-state index is -0.450. The van der Waals surface area contributed by atoms with Gasteiger partial charge in [0.15, 0.2) is 5.65 Å². The molecular weight excluding hydrogens is 480 g/mol. The molecule has 2 heterocycles. The van der Waals surface area contributed by atoms with Crippen LogP contribution in [0.15, 0.2) is 77.6 Å². The summed E-state index contributed by atoms with van der Waals surface area (Å²) in [6.07, 6.45) is 7.13. The van der Waals surface area contributed by atoms with Gasteiger partial charge in [-0.1, -0.05) is 18.2 Å². The summed E-state index contributed by atoms with van der Waals surface area (Å²) in [5.41, 5.74) is 8.24. The third-order valence-electron chi connectivity index (χ3n) is 5.98. The molecule has 1 fully saturated rings. The van der Waals surface area contributed by atoms with Crippen LogP contribution >= 0.6 is 0 Å². The zero-order valence-corrected chi connectivity index (χ0v) is 20.6. The second-order valence-corrected chi connectivity index (χ2v) is 8.81. The Morgan fingerprint density at radius 1 is 1.16 bits per heavy atom. The number of aliphatic imine (C=N–C) groups is 1. The highest BCUT2D eigenvalue weighted by Gasteiger charge is 2.19. The summed E-state index contributed by atoms with van der Waals surface area (Å²) in [7, 11) is 0. The largest absolute Gasteiger partial charge is 0.457 e. The molecule has 0 atom stereocenters. The van der Waals surface area contributed by atoms with Crippen molar-refractivity contribution < 1.29 is 9.53 Å². The van der Waals surface area contributed by atoms with Gasteiger partial charge in [0.25, 0.3) is 5.91 Å². The first-order valence-corrected chi connectivity index (χ1v) is 12.3. The van der Waals surface area contributed by atoms with Crippen molar-refractivity contribution in [1.29, 1.82) is 5.26 Å². The van der Waals surface area contributed by atoms with Crippen LogP contribution in [-0.2, 0) is 11.3 Å². The number of fused-ring (bicyclic) bond motifs is 1. The lowest BCUT2D eigenvalue weighted by Gasteiger charge is -2.06. The van der Waals surface area contributed by atoms with E-state index in [4.69, 9.17) is 15.6 Å². The number of benzene rings is 2. The number of nitrogens with two attached hydrogens (primary N) is 1. The number of aromatic nitrogens is 4.